The maximum Gasteiger partial charge on any atom is 0.0576 e. The van der Waals surface area contributed by atoms with Gasteiger partial charge in [0.15, 0.2) is 0 Å². The second-order valence-electron chi connectivity index (χ2n) is 4.92. The lowest BCUT2D eigenvalue weighted by molar-refractivity contribution is 0.565. The van der Waals surface area contributed by atoms with E-state index in [1.165, 1.54) is 30.4 Å². The molecule has 0 aliphatic carbocycles. The van der Waals surface area contributed by atoms with Gasteiger partial charge in [0.25, 0.3) is 0 Å². The largest absolute Gasteiger partial charge is 0.306 e. The zero-order chi connectivity index (χ0) is 13.3. The molecule has 0 aliphatic rings. The molecule has 0 unspecified atom stereocenters. The van der Waals surface area contributed by atoms with Crippen molar-refractivity contribution in [3.8, 4) is 0 Å². The van der Waals surface area contributed by atoms with Crippen molar-refractivity contribution in [2.75, 3.05) is 6.54 Å². The highest BCUT2D eigenvalue weighted by molar-refractivity contribution is 5.31. The van der Waals surface area contributed by atoms with Crippen molar-refractivity contribution in [2.24, 2.45) is 0 Å². The predicted molar refractivity (Wildman–Crippen MR) is 82.3 cm³/mol. The first kappa shape index (κ1) is 13.8. The Labute approximate surface area is 116 Å². The minimum absolute atomic E-state index is 0.305. The Kier molecular flexibility index (Phi) is 5.64. The molecule has 2 rings (SSSR count). The molecule has 0 saturated carbocycles. The summed E-state index contributed by atoms with van der Waals surface area (Å²) >= 11 is 0. The topological polar surface area (TPSA) is 12.0 Å². The van der Waals surface area contributed by atoms with Gasteiger partial charge in [-0.15, -0.1) is 0 Å². The Hall–Kier alpha value is -1.60. The van der Waals surface area contributed by atoms with Gasteiger partial charge in [-0.2, -0.15) is 0 Å². The predicted octanol–water partition coefficient (Wildman–Crippen LogP) is 4.56. The van der Waals surface area contributed by atoms with Crippen LogP contribution in [0.5, 0.6) is 0 Å². The van der Waals surface area contributed by atoms with Crippen molar-refractivity contribution in [1.82, 2.24) is 5.32 Å². The van der Waals surface area contributed by atoms with Crippen LogP contribution in [0.15, 0.2) is 60.7 Å². The van der Waals surface area contributed by atoms with Crippen molar-refractivity contribution >= 4 is 0 Å². The number of hydrogen-bond acceptors (Lipinski definition) is 1. The molecule has 0 radical (unpaired) electrons. The fourth-order valence-corrected chi connectivity index (χ4v) is 2.34. The van der Waals surface area contributed by atoms with Crippen molar-refractivity contribution in [2.45, 2.75) is 32.2 Å². The van der Waals surface area contributed by atoms with Gasteiger partial charge in [0.05, 0.1) is 6.04 Å². The van der Waals surface area contributed by atoms with Crippen LogP contribution >= 0.6 is 0 Å². The van der Waals surface area contributed by atoms with Crippen LogP contribution in [0.4, 0.5) is 0 Å². The fourth-order valence-electron chi connectivity index (χ4n) is 2.34. The molecule has 0 spiro atoms. The Balaban J connectivity index is 2.10. The first-order valence-electron chi connectivity index (χ1n) is 7.25. The molecular weight excluding hydrogens is 230 g/mol. The molecular formula is C18H23N. The second-order valence-corrected chi connectivity index (χ2v) is 4.92. The van der Waals surface area contributed by atoms with Gasteiger partial charge in [0.1, 0.15) is 0 Å². The van der Waals surface area contributed by atoms with Gasteiger partial charge in [-0.3, -0.25) is 0 Å². The molecule has 0 fully saturated rings. The van der Waals surface area contributed by atoms with E-state index in [1.54, 1.807) is 0 Å². The molecule has 1 nitrogen and oxygen atoms in total. The SMILES string of the molecule is CCCCCNC(c1ccccc1)c1ccccc1. The molecule has 0 aliphatic heterocycles. The summed E-state index contributed by atoms with van der Waals surface area (Å²) in [6.45, 7) is 3.31. The van der Waals surface area contributed by atoms with Crippen molar-refractivity contribution in [3.63, 3.8) is 0 Å². The van der Waals surface area contributed by atoms with Crippen molar-refractivity contribution in [1.29, 1.82) is 0 Å². The average Bonchev–Trinajstić information content (AvgIpc) is 2.49. The molecule has 2 aromatic carbocycles. The van der Waals surface area contributed by atoms with Crippen LogP contribution in [0.3, 0.4) is 0 Å². The van der Waals surface area contributed by atoms with Gasteiger partial charge in [-0.1, -0.05) is 80.4 Å². The normalized spacial score (nSPS) is 10.8. The monoisotopic (exact) mass is 253 g/mol. The molecule has 0 atom stereocenters. The van der Waals surface area contributed by atoms with E-state index in [2.05, 4.69) is 72.9 Å². The number of hydrogen-bond donors (Lipinski definition) is 1. The summed E-state index contributed by atoms with van der Waals surface area (Å²) in [6, 6.07) is 21.7. The minimum Gasteiger partial charge on any atom is -0.306 e. The lowest BCUT2D eigenvalue weighted by Gasteiger charge is -2.19. The summed E-state index contributed by atoms with van der Waals surface area (Å²) in [5, 5.41) is 3.69. The summed E-state index contributed by atoms with van der Waals surface area (Å²) in [6.07, 6.45) is 3.80. The van der Waals surface area contributed by atoms with E-state index >= 15 is 0 Å². The first-order valence-corrected chi connectivity index (χ1v) is 7.25. The molecule has 2 aromatic rings. The van der Waals surface area contributed by atoms with Crippen molar-refractivity contribution in [3.05, 3.63) is 71.8 Å². The maximum absolute atomic E-state index is 3.69. The van der Waals surface area contributed by atoms with Crippen LogP contribution in [0, 0.1) is 0 Å². The van der Waals surface area contributed by atoms with E-state index in [9.17, 15) is 0 Å². The third kappa shape index (κ3) is 4.22. The highest BCUT2D eigenvalue weighted by Gasteiger charge is 2.11. The van der Waals surface area contributed by atoms with Gasteiger partial charge >= 0.3 is 0 Å². The number of benzene rings is 2. The summed E-state index contributed by atoms with van der Waals surface area (Å²) in [7, 11) is 0. The van der Waals surface area contributed by atoms with E-state index in [1.807, 2.05) is 0 Å². The van der Waals surface area contributed by atoms with Crippen LogP contribution in [-0.2, 0) is 0 Å². The van der Waals surface area contributed by atoms with Crippen LogP contribution in [0.25, 0.3) is 0 Å². The Morgan fingerprint density at radius 3 is 1.79 bits per heavy atom. The number of nitrogens with one attached hydrogen (secondary N) is 1. The summed E-state index contributed by atoms with van der Waals surface area (Å²) in [5.74, 6) is 0. The van der Waals surface area contributed by atoms with E-state index in [0.29, 0.717) is 6.04 Å². The van der Waals surface area contributed by atoms with E-state index in [-0.39, 0.29) is 0 Å². The van der Waals surface area contributed by atoms with Crippen LogP contribution in [-0.4, -0.2) is 6.54 Å². The molecule has 0 bridgehead atoms. The standard InChI is InChI=1S/C18H23N/c1-2-3-10-15-19-18(16-11-6-4-7-12-16)17-13-8-5-9-14-17/h4-9,11-14,18-19H,2-3,10,15H2,1H3. The molecule has 1 N–H and O–H groups in total. The molecule has 100 valence electrons. The fraction of sp³-hybridized carbons (Fsp3) is 0.333. The van der Waals surface area contributed by atoms with E-state index < -0.39 is 0 Å². The quantitative estimate of drug-likeness (QED) is 0.713. The number of rotatable bonds is 7. The highest BCUT2D eigenvalue weighted by Crippen LogP contribution is 2.21. The third-order valence-corrected chi connectivity index (χ3v) is 3.39. The van der Waals surface area contributed by atoms with E-state index in [0.717, 1.165) is 6.54 Å². The lowest BCUT2D eigenvalue weighted by Crippen LogP contribution is -2.23. The van der Waals surface area contributed by atoms with Crippen LogP contribution in [0.1, 0.15) is 43.4 Å². The highest BCUT2D eigenvalue weighted by atomic mass is 14.9. The average molecular weight is 253 g/mol. The van der Waals surface area contributed by atoms with Gasteiger partial charge in [0, 0.05) is 0 Å². The van der Waals surface area contributed by atoms with Crippen LogP contribution in [0.2, 0.25) is 0 Å². The smallest absolute Gasteiger partial charge is 0.0576 e. The maximum atomic E-state index is 3.69. The first-order chi connectivity index (χ1) is 9.42. The molecule has 0 heterocycles. The van der Waals surface area contributed by atoms with E-state index in [4.69, 9.17) is 0 Å². The zero-order valence-electron chi connectivity index (χ0n) is 11.7. The minimum atomic E-state index is 0.305. The molecule has 0 saturated heterocycles. The summed E-state index contributed by atoms with van der Waals surface area (Å²) < 4.78 is 0. The number of unbranched alkanes of at least 4 members (excludes halogenated alkanes) is 2. The Morgan fingerprint density at radius 1 is 0.789 bits per heavy atom. The summed E-state index contributed by atoms with van der Waals surface area (Å²) in [4.78, 5) is 0. The lowest BCUT2D eigenvalue weighted by atomic mass is 9.98. The van der Waals surface area contributed by atoms with Gasteiger partial charge in [0.2, 0.25) is 0 Å². The molecule has 0 amide bonds. The Morgan fingerprint density at radius 2 is 1.32 bits per heavy atom. The van der Waals surface area contributed by atoms with Gasteiger partial charge in [-0.05, 0) is 24.1 Å². The summed E-state index contributed by atoms with van der Waals surface area (Å²) in [5.41, 5.74) is 2.68. The van der Waals surface area contributed by atoms with Crippen LogP contribution < -0.4 is 5.32 Å². The third-order valence-electron chi connectivity index (χ3n) is 3.39. The zero-order valence-corrected chi connectivity index (χ0v) is 11.7. The molecule has 19 heavy (non-hydrogen) atoms. The molecule has 0 aromatic heterocycles. The Bertz CT molecular complexity index is 410. The second kappa shape index (κ2) is 7.75. The van der Waals surface area contributed by atoms with Gasteiger partial charge in [-0.25, -0.2) is 0 Å². The molecule has 1 heteroatoms. The van der Waals surface area contributed by atoms with Crippen molar-refractivity contribution < 1.29 is 0 Å². The van der Waals surface area contributed by atoms with Gasteiger partial charge < -0.3 is 5.32 Å².